The molecule has 11 heavy (non-hydrogen) atoms. The molecule has 0 heterocycles. The van der Waals surface area contributed by atoms with Gasteiger partial charge in [0, 0.05) is 14.1 Å². The summed E-state index contributed by atoms with van der Waals surface area (Å²) >= 11 is 0. The number of hydrogen-bond donors (Lipinski definition) is 1. The first-order chi connectivity index (χ1) is 5.07. The minimum absolute atomic E-state index is 0.371. The van der Waals surface area contributed by atoms with E-state index in [0.29, 0.717) is 12.4 Å². The Morgan fingerprint density at radius 2 is 2.18 bits per heavy atom. The van der Waals surface area contributed by atoms with Crippen molar-refractivity contribution in [2.45, 2.75) is 6.92 Å². The zero-order valence-electron chi connectivity index (χ0n) is 7.13. The van der Waals surface area contributed by atoms with Crippen LogP contribution >= 0.6 is 0 Å². The van der Waals surface area contributed by atoms with Crippen molar-refractivity contribution in [1.82, 2.24) is 4.90 Å². The summed E-state index contributed by atoms with van der Waals surface area (Å²) in [5.74, 6) is -0.0119. The van der Waals surface area contributed by atoms with E-state index in [1.54, 1.807) is 25.9 Å². The topological polar surface area (TPSA) is 55.6 Å². The summed E-state index contributed by atoms with van der Waals surface area (Å²) < 4.78 is 4.64. The highest BCUT2D eigenvalue weighted by Gasteiger charge is 1.98. The van der Waals surface area contributed by atoms with Crippen molar-refractivity contribution in [1.29, 1.82) is 0 Å². The molecular formula is C7H14N2O2. The summed E-state index contributed by atoms with van der Waals surface area (Å²) in [6, 6.07) is 0. The lowest BCUT2D eigenvalue weighted by Crippen LogP contribution is -2.20. The summed E-state index contributed by atoms with van der Waals surface area (Å²) in [6.07, 6.45) is 1.25. The number of carbonyl (C=O) groups is 1. The highest BCUT2D eigenvalue weighted by Crippen LogP contribution is 1.89. The van der Waals surface area contributed by atoms with Crippen molar-refractivity contribution < 1.29 is 9.53 Å². The first-order valence-electron chi connectivity index (χ1n) is 3.39. The van der Waals surface area contributed by atoms with Crippen LogP contribution in [-0.4, -0.2) is 31.6 Å². The minimum atomic E-state index is -0.404. The van der Waals surface area contributed by atoms with E-state index in [2.05, 4.69) is 4.74 Å². The molecule has 0 aromatic rings. The van der Waals surface area contributed by atoms with E-state index >= 15 is 0 Å². The largest absolute Gasteiger partial charge is 0.463 e. The molecule has 0 fully saturated rings. The Labute approximate surface area is 66.6 Å². The van der Waals surface area contributed by atoms with E-state index in [1.165, 1.54) is 6.08 Å². The SMILES string of the molecule is CCOC(=O)C=C(N)N(C)C. The molecule has 0 aliphatic carbocycles. The fraction of sp³-hybridized carbons (Fsp3) is 0.571. The summed E-state index contributed by atoms with van der Waals surface area (Å²) in [4.78, 5) is 12.4. The van der Waals surface area contributed by atoms with Gasteiger partial charge in [0.25, 0.3) is 0 Å². The number of esters is 1. The molecular weight excluding hydrogens is 144 g/mol. The van der Waals surface area contributed by atoms with Gasteiger partial charge in [-0.1, -0.05) is 0 Å². The maximum atomic E-state index is 10.8. The Kier molecular flexibility index (Phi) is 4.10. The van der Waals surface area contributed by atoms with Crippen LogP contribution in [0.25, 0.3) is 0 Å². The zero-order chi connectivity index (χ0) is 8.85. The summed E-state index contributed by atoms with van der Waals surface area (Å²) in [7, 11) is 3.51. The molecule has 0 radical (unpaired) electrons. The molecule has 0 aliphatic rings. The quantitative estimate of drug-likeness (QED) is 0.460. The third-order valence-electron chi connectivity index (χ3n) is 1.07. The average Bonchev–Trinajstić information content (AvgIpc) is 1.87. The minimum Gasteiger partial charge on any atom is -0.463 e. The van der Waals surface area contributed by atoms with Gasteiger partial charge >= 0.3 is 5.97 Å². The average molecular weight is 158 g/mol. The van der Waals surface area contributed by atoms with Gasteiger partial charge in [0.2, 0.25) is 0 Å². The molecule has 0 bridgehead atoms. The molecule has 0 atom stereocenters. The number of nitrogens with two attached hydrogens (primary N) is 1. The van der Waals surface area contributed by atoms with Crippen molar-refractivity contribution in [2.75, 3.05) is 20.7 Å². The Morgan fingerprint density at radius 1 is 1.64 bits per heavy atom. The van der Waals surface area contributed by atoms with Crippen LogP contribution in [0.1, 0.15) is 6.92 Å². The highest BCUT2D eigenvalue weighted by molar-refractivity contribution is 5.82. The van der Waals surface area contributed by atoms with Gasteiger partial charge in [-0.3, -0.25) is 0 Å². The molecule has 0 saturated carbocycles. The van der Waals surface area contributed by atoms with Crippen LogP contribution in [0.15, 0.2) is 11.9 Å². The van der Waals surface area contributed by atoms with Crippen LogP contribution in [0.5, 0.6) is 0 Å². The molecule has 0 aromatic carbocycles. The van der Waals surface area contributed by atoms with Crippen molar-refractivity contribution in [3.05, 3.63) is 11.9 Å². The van der Waals surface area contributed by atoms with Gasteiger partial charge in [-0.15, -0.1) is 0 Å². The van der Waals surface area contributed by atoms with E-state index < -0.39 is 5.97 Å². The van der Waals surface area contributed by atoms with Gasteiger partial charge in [0.1, 0.15) is 5.82 Å². The van der Waals surface area contributed by atoms with Crippen molar-refractivity contribution in [2.24, 2.45) is 5.73 Å². The normalized spacial score (nSPS) is 11.0. The fourth-order valence-electron chi connectivity index (χ4n) is 0.434. The molecule has 0 saturated heterocycles. The van der Waals surface area contributed by atoms with Gasteiger partial charge in [-0.25, -0.2) is 4.79 Å². The van der Waals surface area contributed by atoms with Crippen molar-refractivity contribution in [3.8, 4) is 0 Å². The monoisotopic (exact) mass is 158 g/mol. The zero-order valence-corrected chi connectivity index (χ0v) is 7.13. The second kappa shape index (κ2) is 4.60. The summed E-state index contributed by atoms with van der Waals surface area (Å²) in [5, 5.41) is 0. The second-order valence-electron chi connectivity index (χ2n) is 2.22. The molecule has 0 aliphatic heterocycles. The predicted octanol–water partition coefficient (Wildman–Crippen LogP) is -0.0888. The maximum absolute atomic E-state index is 10.8. The van der Waals surface area contributed by atoms with Crippen LogP contribution in [0, 0.1) is 0 Å². The third-order valence-corrected chi connectivity index (χ3v) is 1.07. The smallest absolute Gasteiger partial charge is 0.334 e. The van der Waals surface area contributed by atoms with E-state index in [0.717, 1.165) is 0 Å². The Morgan fingerprint density at radius 3 is 2.55 bits per heavy atom. The highest BCUT2D eigenvalue weighted by atomic mass is 16.5. The van der Waals surface area contributed by atoms with Crippen LogP contribution in [-0.2, 0) is 9.53 Å². The Hall–Kier alpha value is -1.19. The summed E-state index contributed by atoms with van der Waals surface area (Å²) in [5.41, 5.74) is 5.43. The molecule has 0 aromatic heterocycles. The molecule has 0 rings (SSSR count). The van der Waals surface area contributed by atoms with E-state index in [-0.39, 0.29) is 0 Å². The van der Waals surface area contributed by atoms with Crippen molar-refractivity contribution >= 4 is 5.97 Å². The van der Waals surface area contributed by atoms with Crippen LogP contribution < -0.4 is 5.73 Å². The van der Waals surface area contributed by atoms with Gasteiger partial charge in [-0.2, -0.15) is 0 Å². The number of hydrogen-bond acceptors (Lipinski definition) is 4. The molecule has 2 N–H and O–H groups in total. The standard InChI is InChI=1S/C7H14N2O2/c1-4-11-7(10)5-6(8)9(2)3/h5H,4,8H2,1-3H3. The molecule has 0 amide bonds. The van der Waals surface area contributed by atoms with E-state index in [9.17, 15) is 4.79 Å². The number of ether oxygens (including phenoxy) is 1. The lowest BCUT2D eigenvalue weighted by atomic mass is 10.5. The first kappa shape index (κ1) is 9.81. The van der Waals surface area contributed by atoms with Crippen molar-refractivity contribution in [3.63, 3.8) is 0 Å². The number of carbonyl (C=O) groups excluding carboxylic acids is 1. The van der Waals surface area contributed by atoms with Gasteiger partial charge in [-0.05, 0) is 6.92 Å². The Balaban J connectivity index is 3.97. The lowest BCUT2D eigenvalue weighted by molar-refractivity contribution is -0.137. The third kappa shape index (κ3) is 4.25. The molecule has 4 nitrogen and oxygen atoms in total. The second-order valence-corrected chi connectivity index (χ2v) is 2.22. The van der Waals surface area contributed by atoms with Gasteiger partial charge in [0.15, 0.2) is 0 Å². The first-order valence-corrected chi connectivity index (χ1v) is 3.39. The molecule has 4 heteroatoms. The van der Waals surface area contributed by atoms with Gasteiger partial charge in [0.05, 0.1) is 12.7 Å². The summed E-state index contributed by atoms with van der Waals surface area (Å²) in [6.45, 7) is 2.12. The fourth-order valence-corrected chi connectivity index (χ4v) is 0.434. The number of nitrogens with zero attached hydrogens (tertiary/aromatic N) is 1. The van der Waals surface area contributed by atoms with Crippen LogP contribution in [0.2, 0.25) is 0 Å². The molecule has 0 unspecified atom stereocenters. The lowest BCUT2D eigenvalue weighted by Gasteiger charge is -2.10. The van der Waals surface area contributed by atoms with E-state index in [1.807, 2.05) is 0 Å². The number of rotatable bonds is 3. The Bertz CT molecular complexity index is 164. The van der Waals surface area contributed by atoms with Crippen LogP contribution in [0.3, 0.4) is 0 Å². The molecule has 0 spiro atoms. The van der Waals surface area contributed by atoms with Crippen LogP contribution in [0.4, 0.5) is 0 Å². The van der Waals surface area contributed by atoms with E-state index in [4.69, 9.17) is 5.73 Å². The van der Waals surface area contributed by atoms with Gasteiger partial charge < -0.3 is 15.4 Å². The maximum Gasteiger partial charge on any atom is 0.334 e. The predicted molar refractivity (Wildman–Crippen MR) is 42.6 cm³/mol. The molecule has 64 valence electrons.